The predicted octanol–water partition coefficient (Wildman–Crippen LogP) is 9.58. The van der Waals surface area contributed by atoms with E-state index in [1.165, 1.54) is 54.6 Å². The van der Waals surface area contributed by atoms with Gasteiger partial charge in [0, 0.05) is 22.7 Å². The quantitative estimate of drug-likeness (QED) is 0.222. The Labute approximate surface area is 227 Å². The Balaban J connectivity index is 1.34. The van der Waals surface area contributed by atoms with Crippen molar-refractivity contribution in [3.63, 3.8) is 0 Å². The van der Waals surface area contributed by atoms with Gasteiger partial charge in [-0.05, 0) is 78.8 Å². The summed E-state index contributed by atoms with van der Waals surface area (Å²) in [6, 6.07) is 41.5. The molecule has 39 heavy (non-hydrogen) atoms. The summed E-state index contributed by atoms with van der Waals surface area (Å²) in [6.07, 6.45) is 1.86. The zero-order chi connectivity index (χ0) is 26.1. The van der Waals surface area contributed by atoms with Crippen LogP contribution in [0.4, 0.5) is 0 Å². The molecule has 1 aromatic heterocycles. The molecule has 1 aliphatic carbocycles. The third-order valence-corrected chi connectivity index (χ3v) is 8.52. The Morgan fingerprint density at radius 3 is 1.77 bits per heavy atom. The van der Waals surface area contributed by atoms with E-state index in [9.17, 15) is 0 Å². The Morgan fingerprint density at radius 1 is 0.487 bits per heavy atom. The molecule has 0 fully saturated rings. The number of hydrogen-bond donors (Lipinski definition) is 0. The molecule has 7 aromatic rings. The fourth-order valence-corrected chi connectivity index (χ4v) is 6.54. The first-order chi connectivity index (χ1) is 19.1. The Kier molecular flexibility index (Phi) is 4.60. The standard InChI is InChI=1S/C37H26N2/c1-37(2)33-20-24(36-38-19-18-35(39-36)23-10-4-3-5-11-23)16-17-29(33)32-21-30-27-14-8-6-12-25(27)26-13-7-9-15-28(26)31(30)22-34(32)37/h3-22H,1-2H3. The maximum Gasteiger partial charge on any atom is 0.159 e. The zero-order valence-corrected chi connectivity index (χ0v) is 21.9. The number of benzene rings is 6. The van der Waals surface area contributed by atoms with Crippen LogP contribution in [0, 0.1) is 0 Å². The van der Waals surface area contributed by atoms with Crippen molar-refractivity contribution >= 4 is 32.3 Å². The van der Waals surface area contributed by atoms with E-state index in [0.717, 1.165) is 22.6 Å². The third-order valence-electron chi connectivity index (χ3n) is 8.52. The molecule has 0 amide bonds. The summed E-state index contributed by atoms with van der Waals surface area (Å²) in [7, 11) is 0. The van der Waals surface area contributed by atoms with Gasteiger partial charge in [0.25, 0.3) is 0 Å². The lowest BCUT2D eigenvalue weighted by atomic mass is 9.80. The lowest BCUT2D eigenvalue weighted by molar-refractivity contribution is 0.661. The maximum absolute atomic E-state index is 4.94. The smallest absolute Gasteiger partial charge is 0.159 e. The largest absolute Gasteiger partial charge is 0.237 e. The van der Waals surface area contributed by atoms with Crippen molar-refractivity contribution in [1.82, 2.24) is 9.97 Å². The van der Waals surface area contributed by atoms with E-state index in [4.69, 9.17) is 4.98 Å². The second-order valence-corrected chi connectivity index (χ2v) is 11.1. The summed E-state index contributed by atoms with van der Waals surface area (Å²) >= 11 is 0. The summed E-state index contributed by atoms with van der Waals surface area (Å²) in [5.74, 6) is 0.757. The topological polar surface area (TPSA) is 25.8 Å². The number of aromatic nitrogens is 2. The molecule has 1 aliphatic rings. The number of nitrogens with zero attached hydrogens (tertiary/aromatic N) is 2. The average molecular weight is 499 g/mol. The molecule has 6 aromatic carbocycles. The highest BCUT2D eigenvalue weighted by atomic mass is 14.9. The molecule has 0 spiro atoms. The van der Waals surface area contributed by atoms with Crippen LogP contribution in [0.2, 0.25) is 0 Å². The fourth-order valence-electron chi connectivity index (χ4n) is 6.54. The van der Waals surface area contributed by atoms with Crippen LogP contribution in [0.25, 0.3) is 66.1 Å². The molecule has 0 bridgehead atoms. The molecule has 0 N–H and O–H groups in total. The average Bonchev–Trinajstić information content (AvgIpc) is 3.22. The first-order valence-corrected chi connectivity index (χ1v) is 13.5. The van der Waals surface area contributed by atoms with Crippen molar-refractivity contribution in [3.8, 4) is 33.8 Å². The van der Waals surface area contributed by atoms with Gasteiger partial charge in [-0.25, -0.2) is 9.97 Å². The molecule has 0 atom stereocenters. The molecule has 2 heteroatoms. The van der Waals surface area contributed by atoms with Gasteiger partial charge in [0.1, 0.15) is 0 Å². The molecule has 8 rings (SSSR count). The van der Waals surface area contributed by atoms with E-state index in [0.29, 0.717) is 0 Å². The SMILES string of the molecule is CC1(C)c2cc(-c3nccc(-c4ccccc4)n3)ccc2-c2cc3c4ccccc4c4ccccc4c3cc21. The van der Waals surface area contributed by atoms with E-state index >= 15 is 0 Å². The van der Waals surface area contributed by atoms with E-state index in [-0.39, 0.29) is 5.41 Å². The highest BCUT2D eigenvalue weighted by molar-refractivity contribution is 6.26. The van der Waals surface area contributed by atoms with Crippen molar-refractivity contribution in [2.45, 2.75) is 19.3 Å². The lowest BCUT2D eigenvalue weighted by Gasteiger charge is -2.23. The van der Waals surface area contributed by atoms with Crippen molar-refractivity contribution in [1.29, 1.82) is 0 Å². The molecule has 184 valence electrons. The minimum absolute atomic E-state index is 0.140. The van der Waals surface area contributed by atoms with Crippen molar-refractivity contribution < 1.29 is 0 Å². The van der Waals surface area contributed by atoms with Crippen LogP contribution in [0.1, 0.15) is 25.0 Å². The van der Waals surface area contributed by atoms with Crippen LogP contribution in [0.3, 0.4) is 0 Å². The molecule has 0 aliphatic heterocycles. The minimum atomic E-state index is -0.140. The van der Waals surface area contributed by atoms with Gasteiger partial charge in [-0.2, -0.15) is 0 Å². The van der Waals surface area contributed by atoms with Crippen LogP contribution >= 0.6 is 0 Å². The zero-order valence-electron chi connectivity index (χ0n) is 21.9. The molecule has 0 saturated heterocycles. The van der Waals surface area contributed by atoms with Crippen LogP contribution in [-0.4, -0.2) is 9.97 Å². The molecular weight excluding hydrogens is 472 g/mol. The Hall–Kier alpha value is -4.82. The summed E-state index contributed by atoms with van der Waals surface area (Å²) in [5, 5.41) is 7.88. The van der Waals surface area contributed by atoms with Crippen molar-refractivity contribution in [2.75, 3.05) is 0 Å². The molecule has 0 unspecified atom stereocenters. The molecule has 2 nitrogen and oxygen atoms in total. The van der Waals surface area contributed by atoms with Crippen LogP contribution < -0.4 is 0 Å². The molecule has 0 saturated carbocycles. The predicted molar refractivity (Wildman–Crippen MR) is 163 cm³/mol. The van der Waals surface area contributed by atoms with Gasteiger partial charge in [0.15, 0.2) is 5.82 Å². The Morgan fingerprint density at radius 2 is 1.08 bits per heavy atom. The number of rotatable bonds is 2. The van der Waals surface area contributed by atoms with Gasteiger partial charge >= 0.3 is 0 Å². The molecule has 1 heterocycles. The third kappa shape index (κ3) is 3.21. The monoisotopic (exact) mass is 498 g/mol. The van der Waals surface area contributed by atoms with Crippen LogP contribution in [0.5, 0.6) is 0 Å². The summed E-state index contributed by atoms with van der Waals surface area (Å²) in [6.45, 7) is 4.69. The normalized spacial score (nSPS) is 13.6. The minimum Gasteiger partial charge on any atom is -0.237 e. The van der Waals surface area contributed by atoms with Crippen LogP contribution in [-0.2, 0) is 5.41 Å². The van der Waals surface area contributed by atoms with E-state index in [2.05, 4.69) is 110 Å². The Bertz CT molecular complexity index is 2090. The number of hydrogen-bond acceptors (Lipinski definition) is 2. The first-order valence-electron chi connectivity index (χ1n) is 13.5. The summed E-state index contributed by atoms with van der Waals surface area (Å²) < 4.78 is 0. The van der Waals surface area contributed by atoms with Crippen LogP contribution in [0.15, 0.2) is 121 Å². The lowest BCUT2D eigenvalue weighted by Crippen LogP contribution is -2.15. The first kappa shape index (κ1) is 22.2. The fraction of sp³-hybridized carbons (Fsp3) is 0.0811. The van der Waals surface area contributed by atoms with Gasteiger partial charge in [-0.3, -0.25) is 0 Å². The highest BCUT2D eigenvalue weighted by Crippen LogP contribution is 2.52. The summed E-state index contributed by atoms with van der Waals surface area (Å²) in [5.41, 5.74) is 8.28. The maximum atomic E-state index is 4.94. The molecule has 0 radical (unpaired) electrons. The second kappa shape index (κ2) is 8.09. The van der Waals surface area contributed by atoms with Gasteiger partial charge in [0.2, 0.25) is 0 Å². The van der Waals surface area contributed by atoms with Crippen molar-refractivity contribution in [2.24, 2.45) is 0 Å². The van der Waals surface area contributed by atoms with Gasteiger partial charge in [-0.15, -0.1) is 0 Å². The van der Waals surface area contributed by atoms with Crippen molar-refractivity contribution in [3.05, 3.63) is 133 Å². The number of fused-ring (bicyclic) bond motifs is 9. The molecular formula is C37H26N2. The highest BCUT2D eigenvalue weighted by Gasteiger charge is 2.36. The summed E-state index contributed by atoms with van der Waals surface area (Å²) in [4.78, 5) is 9.60. The van der Waals surface area contributed by atoms with Gasteiger partial charge in [-0.1, -0.05) is 105 Å². The van der Waals surface area contributed by atoms with Gasteiger partial charge in [0.05, 0.1) is 5.69 Å². The van der Waals surface area contributed by atoms with E-state index in [1.807, 2.05) is 30.5 Å². The van der Waals surface area contributed by atoms with E-state index in [1.54, 1.807) is 0 Å². The van der Waals surface area contributed by atoms with Gasteiger partial charge < -0.3 is 0 Å². The van der Waals surface area contributed by atoms with E-state index < -0.39 is 0 Å². The second-order valence-electron chi connectivity index (χ2n) is 11.1.